The average molecular weight is 280 g/mol. The molecular formula is C14H20N2O2S. The molecule has 0 bridgehead atoms. The summed E-state index contributed by atoms with van der Waals surface area (Å²) in [6.45, 7) is 2.19. The minimum Gasteiger partial charge on any atom is -0.484 e. The molecule has 0 aliphatic carbocycles. The van der Waals surface area contributed by atoms with Crippen LogP contribution in [0.25, 0.3) is 0 Å². The molecule has 104 valence electrons. The molecule has 0 aromatic heterocycles. The van der Waals surface area contributed by atoms with Gasteiger partial charge in [0.2, 0.25) is 0 Å². The van der Waals surface area contributed by atoms with Gasteiger partial charge in [-0.05, 0) is 42.9 Å². The maximum Gasteiger partial charge on any atom is 0.255 e. The summed E-state index contributed by atoms with van der Waals surface area (Å²) < 4.78 is 5.23. The van der Waals surface area contributed by atoms with Crippen molar-refractivity contribution in [2.45, 2.75) is 31.1 Å². The molecule has 0 spiro atoms. The monoisotopic (exact) mass is 280 g/mol. The topological polar surface area (TPSA) is 64.3 Å². The Kier molecular flexibility index (Phi) is 4.96. The van der Waals surface area contributed by atoms with E-state index in [1.807, 2.05) is 36.0 Å². The molecule has 1 aliphatic heterocycles. The summed E-state index contributed by atoms with van der Waals surface area (Å²) in [5, 5.41) is 4.19. The highest BCUT2D eigenvalue weighted by Gasteiger charge is 2.21. The molecule has 1 aliphatic rings. The fourth-order valence-corrected chi connectivity index (χ4v) is 3.27. The number of nitrogens with two attached hydrogens (primary N) is 1. The van der Waals surface area contributed by atoms with Crippen LogP contribution in [0.1, 0.15) is 19.8 Å². The molecule has 1 saturated heterocycles. The van der Waals surface area contributed by atoms with Crippen LogP contribution in [-0.4, -0.2) is 29.6 Å². The van der Waals surface area contributed by atoms with E-state index in [0.29, 0.717) is 17.0 Å². The SMILES string of the molecule is CC1SCCCC1Nc1ccc(OCC(N)=O)cc1. The molecule has 0 saturated carbocycles. The summed E-state index contributed by atoms with van der Waals surface area (Å²) in [5.74, 6) is 1.46. The average Bonchev–Trinajstić information content (AvgIpc) is 2.40. The second-order valence-corrected chi connectivity index (χ2v) is 6.23. The number of benzene rings is 1. The fourth-order valence-electron chi connectivity index (χ4n) is 2.13. The van der Waals surface area contributed by atoms with Crippen molar-refractivity contribution in [1.82, 2.24) is 0 Å². The predicted molar refractivity (Wildman–Crippen MR) is 79.7 cm³/mol. The van der Waals surface area contributed by atoms with Gasteiger partial charge in [0.15, 0.2) is 6.61 Å². The first-order chi connectivity index (χ1) is 9.15. The van der Waals surface area contributed by atoms with Crippen molar-refractivity contribution < 1.29 is 9.53 Å². The van der Waals surface area contributed by atoms with Crippen LogP contribution in [-0.2, 0) is 4.79 Å². The Labute approximate surface area is 118 Å². The van der Waals surface area contributed by atoms with Gasteiger partial charge in [0.1, 0.15) is 5.75 Å². The predicted octanol–water partition coefficient (Wildman–Crippen LogP) is 2.25. The van der Waals surface area contributed by atoms with E-state index in [2.05, 4.69) is 12.2 Å². The molecule has 2 atom stereocenters. The van der Waals surface area contributed by atoms with Gasteiger partial charge in [0.25, 0.3) is 5.91 Å². The lowest BCUT2D eigenvalue weighted by molar-refractivity contribution is -0.119. The number of hydrogen-bond acceptors (Lipinski definition) is 4. The van der Waals surface area contributed by atoms with Crippen molar-refractivity contribution in [2.75, 3.05) is 17.7 Å². The molecule has 1 heterocycles. The highest BCUT2D eigenvalue weighted by Crippen LogP contribution is 2.28. The number of ether oxygens (including phenoxy) is 1. The number of nitrogens with one attached hydrogen (secondary N) is 1. The second-order valence-electron chi connectivity index (χ2n) is 4.75. The van der Waals surface area contributed by atoms with Crippen molar-refractivity contribution in [1.29, 1.82) is 0 Å². The van der Waals surface area contributed by atoms with Crippen molar-refractivity contribution in [3.8, 4) is 5.75 Å². The van der Waals surface area contributed by atoms with Crippen LogP contribution in [0.3, 0.4) is 0 Å². The molecule has 1 fully saturated rings. The van der Waals surface area contributed by atoms with E-state index in [-0.39, 0.29) is 6.61 Å². The first-order valence-electron chi connectivity index (χ1n) is 6.54. The Balaban J connectivity index is 1.89. The maximum atomic E-state index is 10.6. The summed E-state index contributed by atoms with van der Waals surface area (Å²) in [7, 11) is 0. The number of amides is 1. The largest absolute Gasteiger partial charge is 0.484 e. The number of hydrogen-bond donors (Lipinski definition) is 2. The number of carbonyl (C=O) groups excluding carboxylic acids is 1. The summed E-state index contributed by atoms with van der Waals surface area (Å²) in [5.41, 5.74) is 6.12. The van der Waals surface area contributed by atoms with E-state index < -0.39 is 5.91 Å². The smallest absolute Gasteiger partial charge is 0.255 e. The van der Waals surface area contributed by atoms with Crippen molar-refractivity contribution in [3.05, 3.63) is 24.3 Å². The third-order valence-corrected chi connectivity index (χ3v) is 4.57. The Bertz CT molecular complexity index is 422. The summed E-state index contributed by atoms with van der Waals surface area (Å²) in [6, 6.07) is 8.18. The summed E-state index contributed by atoms with van der Waals surface area (Å²) in [4.78, 5) is 10.6. The lowest BCUT2D eigenvalue weighted by atomic mass is 10.1. The number of rotatable bonds is 5. The van der Waals surface area contributed by atoms with E-state index in [9.17, 15) is 4.79 Å². The highest BCUT2D eigenvalue weighted by molar-refractivity contribution is 8.00. The van der Waals surface area contributed by atoms with Gasteiger partial charge < -0.3 is 15.8 Å². The van der Waals surface area contributed by atoms with Gasteiger partial charge in [0.05, 0.1) is 0 Å². The van der Waals surface area contributed by atoms with Crippen molar-refractivity contribution >= 4 is 23.4 Å². The van der Waals surface area contributed by atoms with E-state index in [1.54, 1.807) is 0 Å². The van der Waals surface area contributed by atoms with Gasteiger partial charge in [-0.3, -0.25) is 4.79 Å². The fraction of sp³-hybridized carbons (Fsp3) is 0.500. The van der Waals surface area contributed by atoms with Crippen LogP contribution < -0.4 is 15.8 Å². The van der Waals surface area contributed by atoms with Gasteiger partial charge in [-0.15, -0.1) is 0 Å². The number of primary amides is 1. The third kappa shape index (κ3) is 4.35. The number of carbonyl (C=O) groups is 1. The maximum absolute atomic E-state index is 10.6. The Morgan fingerprint density at radius 3 is 2.84 bits per heavy atom. The quantitative estimate of drug-likeness (QED) is 0.868. The summed E-state index contributed by atoms with van der Waals surface area (Å²) in [6.07, 6.45) is 2.49. The zero-order valence-corrected chi connectivity index (χ0v) is 11.9. The van der Waals surface area contributed by atoms with Gasteiger partial charge in [-0.1, -0.05) is 6.92 Å². The molecule has 2 rings (SSSR count). The van der Waals surface area contributed by atoms with Gasteiger partial charge >= 0.3 is 0 Å². The molecule has 1 aromatic rings. The van der Waals surface area contributed by atoms with Gasteiger partial charge in [0, 0.05) is 17.0 Å². The van der Waals surface area contributed by atoms with Crippen LogP contribution in [0, 0.1) is 0 Å². The van der Waals surface area contributed by atoms with Crippen LogP contribution in [0.2, 0.25) is 0 Å². The van der Waals surface area contributed by atoms with E-state index in [0.717, 1.165) is 5.69 Å². The first kappa shape index (κ1) is 14.1. The van der Waals surface area contributed by atoms with E-state index >= 15 is 0 Å². The van der Waals surface area contributed by atoms with Crippen molar-refractivity contribution in [2.24, 2.45) is 5.73 Å². The normalized spacial score (nSPS) is 22.8. The molecule has 1 aromatic carbocycles. The van der Waals surface area contributed by atoms with E-state index in [4.69, 9.17) is 10.5 Å². The number of thioether (sulfide) groups is 1. The third-order valence-electron chi connectivity index (χ3n) is 3.19. The molecule has 19 heavy (non-hydrogen) atoms. The Hall–Kier alpha value is -1.36. The van der Waals surface area contributed by atoms with Crippen LogP contribution in [0.4, 0.5) is 5.69 Å². The zero-order chi connectivity index (χ0) is 13.7. The molecule has 2 unspecified atom stereocenters. The van der Waals surface area contributed by atoms with Crippen LogP contribution in [0.5, 0.6) is 5.75 Å². The lowest BCUT2D eigenvalue weighted by Crippen LogP contribution is -2.32. The van der Waals surface area contributed by atoms with E-state index in [1.165, 1.54) is 18.6 Å². The highest BCUT2D eigenvalue weighted by atomic mass is 32.2. The molecule has 5 heteroatoms. The molecule has 3 N–H and O–H groups in total. The summed E-state index contributed by atoms with van der Waals surface area (Å²) >= 11 is 2.02. The molecule has 4 nitrogen and oxygen atoms in total. The Morgan fingerprint density at radius 1 is 1.47 bits per heavy atom. The molecule has 1 amide bonds. The standard InChI is InChI=1S/C14H20N2O2S/c1-10-13(3-2-8-19-10)16-11-4-6-12(7-5-11)18-9-14(15)17/h4-7,10,13,16H,2-3,8-9H2,1H3,(H2,15,17). The van der Waals surface area contributed by atoms with Crippen molar-refractivity contribution in [3.63, 3.8) is 0 Å². The Morgan fingerprint density at radius 2 is 2.21 bits per heavy atom. The zero-order valence-electron chi connectivity index (χ0n) is 11.1. The van der Waals surface area contributed by atoms with Crippen LogP contribution >= 0.6 is 11.8 Å². The minimum atomic E-state index is -0.463. The lowest BCUT2D eigenvalue weighted by Gasteiger charge is -2.30. The molecule has 0 radical (unpaired) electrons. The van der Waals surface area contributed by atoms with Crippen LogP contribution in [0.15, 0.2) is 24.3 Å². The first-order valence-corrected chi connectivity index (χ1v) is 7.59. The number of anilines is 1. The van der Waals surface area contributed by atoms with Gasteiger partial charge in [-0.2, -0.15) is 11.8 Å². The minimum absolute atomic E-state index is 0.0803. The second kappa shape index (κ2) is 6.70. The molecular weight excluding hydrogens is 260 g/mol. The van der Waals surface area contributed by atoms with Gasteiger partial charge in [-0.25, -0.2) is 0 Å².